The van der Waals surface area contributed by atoms with Gasteiger partial charge in [-0.1, -0.05) is 6.07 Å². The molecule has 12 N–H and O–H groups in total. The molecule has 3 aromatic rings. The van der Waals surface area contributed by atoms with Crippen LogP contribution in [-0.2, 0) is 9.47 Å². The van der Waals surface area contributed by atoms with Gasteiger partial charge in [-0.3, -0.25) is 4.79 Å². The maximum atomic E-state index is 13.9. The summed E-state index contributed by atoms with van der Waals surface area (Å²) in [5, 5.41) is 124. The van der Waals surface area contributed by atoms with Crippen molar-refractivity contribution in [2.45, 2.75) is 61.0 Å². The van der Waals surface area contributed by atoms with E-state index >= 15 is 0 Å². The fraction of sp³-hybridized carbons (Fsp3) is 0.444. The second-order valence-corrected chi connectivity index (χ2v) is 10.4. The van der Waals surface area contributed by atoms with E-state index in [2.05, 4.69) is 0 Å². The predicted octanol–water partition coefficient (Wildman–Crippen LogP) is -2.69. The highest BCUT2D eigenvalue weighted by Crippen LogP contribution is 2.50. The minimum atomic E-state index is -2.07. The van der Waals surface area contributed by atoms with Crippen LogP contribution in [0.5, 0.6) is 23.0 Å². The lowest BCUT2D eigenvalue weighted by Crippen LogP contribution is -2.55. The van der Waals surface area contributed by atoms with Crippen molar-refractivity contribution in [2.75, 3.05) is 13.2 Å². The Morgan fingerprint density at radius 2 is 1.19 bits per heavy atom. The Labute approximate surface area is 240 Å². The third-order valence-corrected chi connectivity index (χ3v) is 7.88. The Kier molecular flexibility index (Phi) is 8.27. The van der Waals surface area contributed by atoms with Crippen molar-refractivity contribution in [1.29, 1.82) is 0 Å². The van der Waals surface area contributed by atoms with Crippen molar-refractivity contribution >= 4 is 11.0 Å². The predicted molar refractivity (Wildman–Crippen MR) is 140 cm³/mol. The van der Waals surface area contributed by atoms with E-state index in [0.29, 0.717) is 0 Å². The summed E-state index contributed by atoms with van der Waals surface area (Å²) in [4.78, 5) is 13.9. The van der Waals surface area contributed by atoms with Gasteiger partial charge in [-0.05, 0) is 17.7 Å². The highest BCUT2D eigenvalue weighted by Gasteiger charge is 2.50. The molecule has 0 bridgehead atoms. The zero-order valence-electron chi connectivity index (χ0n) is 22.0. The molecule has 3 heterocycles. The van der Waals surface area contributed by atoms with Gasteiger partial charge in [-0.25, -0.2) is 0 Å². The maximum Gasteiger partial charge on any atom is 0.204 e. The molecule has 2 aliphatic rings. The molecular weight excluding hydrogens is 580 g/mol. The number of phenolic OH excluding ortho intramolecular Hbond substituents is 4. The second-order valence-electron chi connectivity index (χ2n) is 10.4. The monoisotopic (exact) mass is 610 g/mol. The van der Waals surface area contributed by atoms with Gasteiger partial charge in [0.1, 0.15) is 84.2 Å². The molecule has 0 aliphatic carbocycles. The van der Waals surface area contributed by atoms with Gasteiger partial charge < -0.3 is 75.2 Å². The zero-order valence-corrected chi connectivity index (χ0v) is 22.0. The van der Waals surface area contributed by atoms with Crippen molar-refractivity contribution in [3.05, 3.63) is 45.8 Å². The van der Waals surface area contributed by atoms with Crippen LogP contribution in [0.25, 0.3) is 22.1 Å². The molecule has 234 valence electrons. The largest absolute Gasteiger partial charge is 0.507 e. The number of aromatic hydroxyl groups is 4. The van der Waals surface area contributed by atoms with Crippen molar-refractivity contribution in [3.63, 3.8) is 0 Å². The van der Waals surface area contributed by atoms with E-state index in [4.69, 9.17) is 13.9 Å². The van der Waals surface area contributed by atoms with Crippen molar-refractivity contribution < 1.29 is 75.2 Å². The third-order valence-electron chi connectivity index (χ3n) is 7.88. The number of ether oxygens (including phenoxy) is 2. The zero-order chi connectivity index (χ0) is 31.5. The van der Waals surface area contributed by atoms with Crippen LogP contribution in [0.3, 0.4) is 0 Å². The van der Waals surface area contributed by atoms with Crippen molar-refractivity contribution in [1.82, 2.24) is 0 Å². The molecule has 0 saturated carbocycles. The first-order valence-electron chi connectivity index (χ1n) is 13.0. The topological polar surface area (TPSA) is 291 Å². The fourth-order valence-corrected chi connectivity index (χ4v) is 5.48. The smallest absolute Gasteiger partial charge is 0.204 e. The molecular formula is C27H30O16. The van der Waals surface area contributed by atoms with Gasteiger partial charge in [0.05, 0.1) is 29.9 Å². The summed E-state index contributed by atoms with van der Waals surface area (Å²) in [6.45, 7) is -1.75. The quantitative estimate of drug-likeness (QED) is 0.131. The van der Waals surface area contributed by atoms with Crippen LogP contribution < -0.4 is 5.43 Å². The van der Waals surface area contributed by atoms with Gasteiger partial charge in [-0.2, -0.15) is 0 Å². The van der Waals surface area contributed by atoms with Crippen LogP contribution in [-0.4, -0.2) is 123 Å². The summed E-state index contributed by atoms with van der Waals surface area (Å²) in [5.41, 5.74) is -3.28. The summed E-state index contributed by atoms with van der Waals surface area (Å²) in [6.07, 6.45) is -17.6. The second kappa shape index (κ2) is 11.5. The number of aliphatic hydroxyl groups excluding tert-OH is 8. The first kappa shape index (κ1) is 30.9. The van der Waals surface area contributed by atoms with Gasteiger partial charge in [-0.15, -0.1) is 0 Å². The van der Waals surface area contributed by atoms with Gasteiger partial charge in [0.25, 0.3) is 0 Å². The first-order chi connectivity index (χ1) is 20.3. The molecule has 43 heavy (non-hydrogen) atoms. The van der Waals surface area contributed by atoms with Gasteiger partial charge >= 0.3 is 0 Å². The molecule has 10 atom stereocenters. The molecule has 16 nitrogen and oxygen atoms in total. The van der Waals surface area contributed by atoms with Crippen LogP contribution in [0.4, 0.5) is 0 Å². The summed E-state index contributed by atoms with van der Waals surface area (Å²) >= 11 is 0. The molecule has 2 fully saturated rings. The molecule has 16 heteroatoms. The Hall–Kier alpha value is -3.55. The van der Waals surface area contributed by atoms with E-state index in [9.17, 15) is 66.1 Å². The van der Waals surface area contributed by atoms with Crippen LogP contribution >= 0.6 is 0 Å². The van der Waals surface area contributed by atoms with Crippen LogP contribution in [0.15, 0.2) is 33.7 Å². The summed E-state index contributed by atoms with van der Waals surface area (Å²) in [7, 11) is 0. The van der Waals surface area contributed by atoms with E-state index in [-0.39, 0.29) is 11.1 Å². The number of hydrogen-bond donors (Lipinski definition) is 12. The molecule has 5 rings (SSSR count). The third kappa shape index (κ3) is 4.87. The van der Waals surface area contributed by atoms with Crippen molar-refractivity contribution in [2.24, 2.45) is 0 Å². The van der Waals surface area contributed by atoms with E-state index in [1.54, 1.807) is 0 Å². The maximum absolute atomic E-state index is 13.9. The Bertz CT molecular complexity index is 1570. The molecule has 2 saturated heterocycles. The molecule has 0 amide bonds. The van der Waals surface area contributed by atoms with E-state index < -0.39 is 125 Å². The number of benzene rings is 2. The average Bonchev–Trinajstić information content (AvgIpc) is 2.98. The van der Waals surface area contributed by atoms with Gasteiger partial charge in [0, 0.05) is 0 Å². The van der Waals surface area contributed by atoms with Crippen LogP contribution in [0.1, 0.15) is 23.3 Å². The lowest BCUT2D eigenvalue weighted by molar-refractivity contribution is -0.234. The summed E-state index contributed by atoms with van der Waals surface area (Å²) < 4.78 is 16.7. The minimum Gasteiger partial charge on any atom is -0.507 e. The number of fused-ring (bicyclic) bond motifs is 1. The van der Waals surface area contributed by atoms with E-state index in [1.165, 1.54) is 6.07 Å². The van der Waals surface area contributed by atoms with E-state index in [0.717, 1.165) is 18.4 Å². The van der Waals surface area contributed by atoms with Crippen LogP contribution in [0, 0.1) is 0 Å². The molecule has 1 aromatic heterocycles. The van der Waals surface area contributed by atoms with Crippen molar-refractivity contribution in [3.8, 4) is 34.1 Å². The molecule has 0 radical (unpaired) electrons. The highest BCUT2D eigenvalue weighted by atomic mass is 16.6. The summed E-state index contributed by atoms with van der Waals surface area (Å²) in [6, 6.07) is 3.33. The normalized spacial score (nSPS) is 33.1. The molecule has 0 spiro atoms. The summed E-state index contributed by atoms with van der Waals surface area (Å²) in [5.74, 6) is -3.19. The SMILES string of the molecule is O=c1c(-c2ccc(O)c(O)c2)coc2c(C3OC(CO)C(O)C(O)C3O)c(O)c(C3OC(CO)C(O)C(O)C3O)c(O)c12. The Balaban J connectivity index is 1.83. The number of rotatable bonds is 5. The minimum absolute atomic E-state index is 0.00204. The highest BCUT2D eigenvalue weighted by molar-refractivity contribution is 5.93. The Morgan fingerprint density at radius 1 is 0.651 bits per heavy atom. The van der Waals surface area contributed by atoms with Gasteiger partial charge in [0.2, 0.25) is 5.43 Å². The lowest BCUT2D eigenvalue weighted by Gasteiger charge is -2.42. The van der Waals surface area contributed by atoms with Gasteiger partial charge in [0.15, 0.2) is 17.1 Å². The lowest BCUT2D eigenvalue weighted by atomic mass is 9.85. The first-order valence-corrected chi connectivity index (χ1v) is 13.0. The Morgan fingerprint density at radius 3 is 1.70 bits per heavy atom. The molecule has 2 aliphatic heterocycles. The average molecular weight is 611 g/mol. The number of phenols is 4. The fourth-order valence-electron chi connectivity index (χ4n) is 5.48. The molecule has 10 unspecified atom stereocenters. The van der Waals surface area contributed by atoms with Crippen LogP contribution in [0.2, 0.25) is 0 Å². The molecule has 2 aromatic carbocycles. The standard InChI is InChI=1S/C27H30O16/c28-4-11-17(33)21(37)23(39)26(42-11)14-19(35)13-16(32)8(7-1-2-9(30)10(31)3-7)6-41-25(13)15(20(14)36)27-24(40)22(38)18(34)12(5-29)43-27/h1-3,6,11-12,17-18,21-24,26-31,33-40H,4-5H2. The number of hydrogen-bond acceptors (Lipinski definition) is 16. The number of aliphatic hydroxyl groups is 8. The van der Waals surface area contributed by atoms with E-state index in [1.807, 2.05) is 0 Å².